The molecule has 0 unspecified atom stereocenters. The second kappa shape index (κ2) is 11.6. The number of ether oxygens (including phenoxy) is 1. The van der Waals surface area contributed by atoms with Crippen LogP contribution >= 0.6 is 24.0 Å². The van der Waals surface area contributed by atoms with E-state index in [1.807, 2.05) is 48.9 Å². The summed E-state index contributed by atoms with van der Waals surface area (Å²) in [7, 11) is 3.56. The van der Waals surface area contributed by atoms with Gasteiger partial charge >= 0.3 is 0 Å². The molecule has 0 fully saturated rings. The molecule has 1 heterocycles. The van der Waals surface area contributed by atoms with Crippen LogP contribution in [0.5, 0.6) is 5.75 Å². The number of methoxy groups -OCH3 is 1. The van der Waals surface area contributed by atoms with E-state index in [1.165, 1.54) is 6.07 Å². The van der Waals surface area contributed by atoms with E-state index < -0.39 is 0 Å². The third-order valence-corrected chi connectivity index (χ3v) is 4.87. The summed E-state index contributed by atoms with van der Waals surface area (Å²) in [5.74, 6) is 2.83. The predicted octanol–water partition coefficient (Wildman–Crippen LogP) is 3.63. The van der Waals surface area contributed by atoms with Crippen molar-refractivity contribution in [2.45, 2.75) is 33.5 Å². The van der Waals surface area contributed by atoms with Crippen LogP contribution in [-0.2, 0) is 26.7 Å². The summed E-state index contributed by atoms with van der Waals surface area (Å²) in [6.45, 7) is 5.05. The number of halogens is 2. The fraction of sp³-hybridized carbons (Fsp3) is 0.318. The summed E-state index contributed by atoms with van der Waals surface area (Å²) in [5, 5.41) is 14.8. The van der Waals surface area contributed by atoms with E-state index in [4.69, 9.17) is 4.74 Å². The van der Waals surface area contributed by atoms with Gasteiger partial charge in [0.05, 0.1) is 20.2 Å². The summed E-state index contributed by atoms with van der Waals surface area (Å²) in [5.41, 5.74) is 2.51. The van der Waals surface area contributed by atoms with E-state index in [0.29, 0.717) is 31.2 Å². The highest BCUT2D eigenvalue weighted by Gasteiger charge is 2.07. The van der Waals surface area contributed by atoms with Crippen molar-refractivity contribution in [3.05, 3.63) is 76.6 Å². The second-order valence-electron chi connectivity index (χ2n) is 7.03. The summed E-state index contributed by atoms with van der Waals surface area (Å²) in [6.07, 6.45) is 0. The summed E-state index contributed by atoms with van der Waals surface area (Å²) >= 11 is 0. The topological polar surface area (TPSA) is 76.4 Å². The summed E-state index contributed by atoms with van der Waals surface area (Å²) in [4.78, 5) is 4.61. The van der Waals surface area contributed by atoms with Crippen molar-refractivity contribution in [1.82, 2.24) is 25.4 Å². The van der Waals surface area contributed by atoms with Gasteiger partial charge in [0.25, 0.3) is 0 Å². The highest BCUT2D eigenvalue weighted by atomic mass is 127. The molecule has 0 saturated heterocycles. The van der Waals surface area contributed by atoms with Gasteiger partial charge < -0.3 is 19.9 Å². The lowest BCUT2D eigenvalue weighted by molar-refractivity contribution is 0.414. The standard InChI is InChI=1S/C22H27FN6O.HI/c1-15-5-6-18(11-20(15)23)13-25-22(26-14-21-28-27-16(2)29(21)3)24-12-17-7-9-19(30-4)10-8-17;/h5-11H,12-14H2,1-4H3,(H2,24,25,26);1H. The highest BCUT2D eigenvalue weighted by Crippen LogP contribution is 2.12. The van der Waals surface area contributed by atoms with Gasteiger partial charge in [-0.05, 0) is 48.7 Å². The number of nitrogens with zero attached hydrogens (tertiary/aromatic N) is 4. The van der Waals surface area contributed by atoms with Gasteiger partial charge in [0.15, 0.2) is 11.8 Å². The zero-order chi connectivity index (χ0) is 21.5. The van der Waals surface area contributed by atoms with Crippen molar-refractivity contribution in [2.24, 2.45) is 12.0 Å². The molecular formula is C22H28FIN6O. The molecule has 3 aromatic rings. The van der Waals surface area contributed by atoms with Crippen LogP contribution in [0, 0.1) is 19.7 Å². The minimum atomic E-state index is -0.224. The highest BCUT2D eigenvalue weighted by molar-refractivity contribution is 14.0. The van der Waals surface area contributed by atoms with Crippen LogP contribution in [-0.4, -0.2) is 27.8 Å². The first-order valence-electron chi connectivity index (χ1n) is 9.71. The third kappa shape index (κ3) is 6.91. The number of hydrogen-bond donors (Lipinski definition) is 2. The molecule has 31 heavy (non-hydrogen) atoms. The number of aliphatic imine (C=N–C) groups is 1. The maximum atomic E-state index is 13.8. The van der Waals surface area contributed by atoms with Crippen LogP contribution in [0.2, 0.25) is 0 Å². The van der Waals surface area contributed by atoms with E-state index in [0.717, 1.165) is 28.5 Å². The Morgan fingerprint density at radius 2 is 1.71 bits per heavy atom. The third-order valence-electron chi connectivity index (χ3n) is 4.87. The normalized spacial score (nSPS) is 11.1. The Labute approximate surface area is 199 Å². The molecule has 0 spiro atoms. The first-order chi connectivity index (χ1) is 14.5. The zero-order valence-electron chi connectivity index (χ0n) is 18.1. The molecule has 0 aliphatic rings. The Balaban J connectivity index is 0.00000341. The monoisotopic (exact) mass is 538 g/mol. The molecule has 0 aliphatic heterocycles. The molecule has 0 amide bonds. The average Bonchev–Trinajstić information content (AvgIpc) is 3.08. The first kappa shape index (κ1) is 24.6. The van der Waals surface area contributed by atoms with E-state index in [2.05, 4.69) is 25.8 Å². The number of benzene rings is 2. The average molecular weight is 538 g/mol. The van der Waals surface area contributed by atoms with Gasteiger partial charge in [-0.3, -0.25) is 0 Å². The van der Waals surface area contributed by atoms with E-state index in [9.17, 15) is 4.39 Å². The van der Waals surface area contributed by atoms with Crippen molar-refractivity contribution >= 4 is 29.9 Å². The lowest BCUT2D eigenvalue weighted by Crippen LogP contribution is -2.37. The number of rotatable bonds is 7. The Morgan fingerprint density at radius 1 is 1.03 bits per heavy atom. The molecule has 0 atom stereocenters. The molecule has 2 aromatic carbocycles. The second-order valence-corrected chi connectivity index (χ2v) is 7.03. The van der Waals surface area contributed by atoms with Gasteiger partial charge in [-0.15, -0.1) is 34.2 Å². The maximum absolute atomic E-state index is 13.8. The van der Waals surface area contributed by atoms with E-state index in [-0.39, 0.29) is 29.8 Å². The maximum Gasteiger partial charge on any atom is 0.192 e. The van der Waals surface area contributed by atoms with Gasteiger partial charge in [0.1, 0.15) is 17.4 Å². The largest absolute Gasteiger partial charge is 0.497 e. The van der Waals surface area contributed by atoms with Crippen molar-refractivity contribution in [2.75, 3.05) is 7.11 Å². The minimum absolute atomic E-state index is 0. The molecule has 9 heteroatoms. The van der Waals surface area contributed by atoms with Gasteiger partial charge in [0.2, 0.25) is 0 Å². The van der Waals surface area contributed by atoms with Crippen molar-refractivity contribution in [3.63, 3.8) is 0 Å². The molecule has 0 aliphatic carbocycles. The number of guanidine groups is 1. The molecule has 3 rings (SSSR count). The predicted molar refractivity (Wildman–Crippen MR) is 130 cm³/mol. The SMILES string of the molecule is COc1ccc(CNC(=NCc2ccc(C)c(F)c2)NCc2nnc(C)n2C)cc1.I. The summed E-state index contributed by atoms with van der Waals surface area (Å²) in [6, 6.07) is 13.0. The fourth-order valence-electron chi connectivity index (χ4n) is 2.78. The molecule has 166 valence electrons. The molecule has 0 radical (unpaired) electrons. The van der Waals surface area contributed by atoms with Crippen LogP contribution in [0.3, 0.4) is 0 Å². The van der Waals surface area contributed by atoms with Crippen molar-refractivity contribution in [3.8, 4) is 5.75 Å². The molecular weight excluding hydrogens is 510 g/mol. The molecule has 2 N–H and O–H groups in total. The molecule has 1 aromatic heterocycles. The smallest absolute Gasteiger partial charge is 0.192 e. The van der Waals surface area contributed by atoms with E-state index >= 15 is 0 Å². The number of aryl methyl sites for hydroxylation is 2. The quantitative estimate of drug-likeness (QED) is 0.273. The van der Waals surface area contributed by atoms with Crippen molar-refractivity contribution in [1.29, 1.82) is 0 Å². The minimum Gasteiger partial charge on any atom is -0.497 e. The van der Waals surface area contributed by atoms with Crippen molar-refractivity contribution < 1.29 is 9.13 Å². The van der Waals surface area contributed by atoms with E-state index in [1.54, 1.807) is 20.1 Å². The van der Waals surface area contributed by atoms with Crippen LogP contribution in [0.25, 0.3) is 0 Å². The molecule has 0 bridgehead atoms. The van der Waals surface area contributed by atoms with Crippen LogP contribution in [0.4, 0.5) is 4.39 Å². The Bertz CT molecular complexity index is 1020. The lowest BCUT2D eigenvalue weighted by Gasteiger charge is -2.13. The van der Waals surface area contributed by atoms with Gasteiger partial charge in [-0.1, -0.05) is 24.3 Å². The number of aromatic nitrogens is 3. The number of nitrogens with one attached hydrogen (secondary N) is 2. The number of hydrogen-bond acceptors (Lipinski definition) is 4. The van der Waals surface area contributed by atoms with Gasteiger partial charge in [-0.2, -0.15) is 0 Å². The Hall–Kier alpha value is -2.69. The van der Waals surface area contributed by atoms with Crippen LogP contribution < -0.4 is 15.4 Å². The van der Waals surface area contributed by atoms with Gasteiger partial charge in [0, 0.05) is 13.6 Å². The Kier molecular flexibility index (Phi) is 9.22. The fourth-order valence-corrected chi connectivity index (χ4v) is 2.78. The first-order valence-corrected chi connectivity index (χ1v) is 9.71. The van der Waals surface area contributed by atoms with Gasteiger partial charge in [-0.25, -0.2) is 9.38 Å². The Morgan fingerprint density at radius 3 is 2.32 bits per heavy atom. The van der Waals surface area contributed by atoms with Crippen LogP contribution in [0.1, 0.15) is 28.3 Å². The molecule has 0 saturated carbocycles. The zero-order valence-corrected chi connectivity index (χ0v) is 20.5. The lowest BCUT2D eigenvalue weighted by atomic mass is 10.1. The van der Waals surface area contributed by atoms with Crippen LogP contribution in [0.15, 0.2) is 47.5 Å². The summed E-state index contributed by atoms with van der Waals surface area (Å²) < 4.78 is 21.0. The molecule has 7 nitrogen and oxygen atoms in total.